The van der Waals surface area contributed by atoms with E-state index >= 15 is 0 Å². The molecule has 0 spiro atoms. The Hall–Kier alpha value is -3.33. The molecule has 4 heterocycles. The van der Waals surface area contributed by atoms with Gasteiger partial charge in [-0.3, -0.25) is 14.2 Å². The molecule has 0 N–H and O–H groups in total. The fourth-order valence-electron chi connectivity index (χ4n) is 4.08. The number of nitrogens with zero attached hydrogens (tertiary/aromatic N) is 7. The zero-order valence-corrected chi connectivity index (χ0v) is 18.2. The van der Waals surface area contributed by atoms with Crippen molar-refractivity contribution in [1.82, 2.24) is 29.0 Å². The van der Waals surface area contributed by atoms with Crippen molar-refractivity contribution in [3.05, 3.63) is 63.1 Å². The van der Waals surface area contributed by atoms with Crippen molar-refractivity contribution < 1.29 is 0 Å². The summed E-state index contributed by atoms with van der Waals surface area (Å²) in [5, 5.41) is 0. The second-order valence-corrected chi connectivity index (χ2v) is 8.20. The van der Waals surface area contributed by atoms with Gasteiger partial charge in [0.2, 0.25) is 5.95 Å². The van der Waals surface area contributed by atoms with Gasteiger partial charge in [0.25, 0.3) is 0 Å². The van der Waals surface area contributed by atoms with E-state index in [1.165, 1.54) is 4.57 Å². The molecule has 9 heteroatoms. The van der Waals surface area contributed by atoms with Crippen LogP contribution in [-0.4, -0.2) is 56.2 Å². The van der Waals surface area contributed by atoms with E-state index in [-0.39, 0.29) is 6.04 Å². The summed E-state index contributed by atoms with van der Waals surface area (Å²) < 4.78 is 2.94. The zero-order valence-electron chi connectivity index (χ0n) is 18.2. The average Bonchev–Trinajstić information content (AvgIpc) is 2.78. The summed E-state index contributed by atoms with van der Waals surface area (Å²) in [6.45, 7) is 5.95. The van der Waals surface area contributed by atoms with Gasteiger partial charge in [0.1, 0.15) is 0 Å². The summed E-state index contributed by atoms with van der Waals surface area (Å²) in [7, 11) is 5.62. The second-order valence-electron chi connectivity index (χ2n) is 8.20. The molecule has 0 radical (unpaired) electrons. The summed E-state index contributed by atoms with van der Waals surface area (Å²) in [6.07, 6.45) is 8.47. The number of piperidine rings is 1. The summed E-state index contributed by atoms with van der Waals surface area (Å²) >= 11 is 0. The van der Waals surface area contributed by atoms with Crippen molar-refractivity contribution in [2.75, 3.05) is 32.1 Å². The standard InChI is InChI=1S/C22H27N7O2/c1-5-15-10-18-19(23-11-15)29(21(31)20(30)27(18)4)17-6-8-28(9-7-17)22-24-12-16(13-25-22)14-26(2)3/h5,10-13,17H,1,6-9,14H2,2-4H3. The molecule has 0 saturated carbocycles. The van der Waals surface area contributed by atoms with Crippen LogP contribution in [0.3, 0.4) is 0 Å². The monoisotopic (exact) mass is 421 g/mol. The molecule has 0 aromatic carbocycles. The maximum Gasteiger partial charge on any atom is 0.318 e. The topological polar surface area (TPSA) is 89.2 Å². The molecule has 31 heavy (non-hydrogen) atoms. The Balaban J connectivity index is 1.60. The second kappa shape index (κ2) is 8.43. The predicted octanol–water partition coefficient (Wildman–Crippen LogP) is 1.43. The minimum atomic E-state index is -0.544. The highest BCUT2D eigenvalue weighted by Gasteiger charge is 2.26. The normalized spacial score (nSPS) is 15.0. The van der Waals surface area contributed by atoms with Gasteiger partial charge in [-0.1, -0.05) is 12.7 Å². The SMILES string of the molecule is C=Cc1cnc2c(c1)n(C)c(=O)c(=O)n2C1CCN(c2ncc(CN(C)C)cn2)CC1. The van der Waals surface area contributed by atoms with E-state index in [9.17, 15) is 9.59 Å². The van der Waals surface area contributed by atoms with Crippen LogP contribution in [0.4, 0.5) is 5.95 Å². The van der Waals surface area contributed by atoms with Crippen molar-refractivity contribution in [3.63, 3.8) is 0 Å². The molecular formula is C22H27N7O2. The predicted molar refractivity (Wildman–Crippen MR) is 121 cm³/mol. The van der Waals surface area contributed by atoms with Crippen molar-refractivity contribution in [1.29, 1.82) is 0 Å². The van der Waals surface area contributed by atoms with Crippen molar-refractivity contribution >= 4 is 23.2 Å². The third-order valence-electron chi connectivity index (χ3n) is 5.70. The Morgan fingerprint density at radius 1 is 1.10 bits per heavy atom. The van der Waals surface area contributed by atoms with E-state index in [0.29, 0.717) is 43.0 Å². The summed E-state index contributed by atoms with van der Waals surface area (Å²) in [6, 6.07) is 1.74. The van der Waals surface area contributed by atoms with E-state index < -0.39 is 11.1 Å². The molecule has 0 unspecified atom stereocenters. The fraction of sp³-hybridized carbons (Fsp3) is 0.409. The average molecular weight is 422 g/mol. The number of rotatable bonds is 5. The van der Waals surface area contributed by atoms with E-state index in [1.807, 2.05) is 32.6 Å². The lowest BCUT2D eigenvalue weighted by atomic mass is 10.0. The van der Waals surface area contributed by atoms with Gasteiger partial charge in [-0.15, -0.1) is 0 Å². The molecule has 0 atom stereocenters. The summed E-state index contributed by atoms with van der Waals surface area (Å²) in [5.74, 6) is 0.691. The molecule has 1 aliphatic heterocycles. The van der Waals surface area contributed by atoms with Crippen LogP contribution in [0.5, 0.6) is 0 Å². The first-order valence-corrected chi connectivity index (χ1v) is 10.3. The van der Waals surface area contributed by atoms with Gasteiger partial charge in [0.15, 0.2) is 5.65 Å². The van der Waals surface area contributed by atoms with Crippen molar-refractivity contribution in [2.24, 2.45) is 7.05 Å². The first-order valence-electron chi connectivity index (χ1n) is 10.3. The van der Waals surface area contributed by atoms with Crippen LogP contribution in [-0.2, 0) is 13.6 Å². The molecule has 3 aromatic rings. The van der Waals surface area contributed by atoms with Crippen LogP contribution >= 0.6 is 0 Å². The number of aromatic nitrogens is 5. The maximum atomic E-state index is 12.9. The smallest absolute Gasteiger partial charge is 0.318 e. The van der Waals surface area contributed by atoms with Gasteiger partial charge in [-0.25, -0.2) is 15.0 Å². The van der Waals surface area contributed by atoms with E-state index in [1.54, 1.807) is 23.9 Å². The van der Waals surface area contributed by atoms with Gasteiger partial charge < -0.3 is 14.4 Å². The lowest BCUT2D eigenvalue weighted by Gasteiger charge is -2.33. The third-order valence-corrected chi connectivity index (χ3v) is 5.70. The van der Waals surface area contributed by atoms with Gasteiger partial charge in [-0.2, -0.15) is 0 Å². The number of hydrogen-bond acceptors (Lipinski definition) is 7. The number of aryl methyl sites for hydroxylation is 1. The van der Waals surface area contributed by atoms with Crippen LogP contribution in [0.1, 0.15) is 30.0 Å². The molecule has 0 aliphatic carbocycles. The van der Waals surface area contributed by atoms with Gasteiger partial charge >= 0.3 is 11.1 Å². The van der Waals surface area contributed by atoms with Crippen LogP contribution < -0.4 is 16.0 Å². The van der Waals surface area contributed by atoms with Crippen LogP contribution in [0.2, 0.25) is 0 Å². The van der Waals surface area contributed by atoms with Gasteiger partial charge in [0.05, 0.1) is 5.52 Å². The highest BCUT2D eigenvalue weighted by molar-refractivity contribution is 5.74. The summed E-state index contributed by atoms with van der Waals surface area (Å²) in [4.78, 5) is 43.1. The number of hydrogen-bond donors (Lipinski definition) is 0. The molecule has 0 amide bonds. The third kappa shape index (κ3) is 4.00. The molecule has 3 aromatic heterocycles. The van der Waals surface area contributed by atoms with E-state index in [0.717, 1.165) is 17.7 Å². The van der Waals surface area contributed by atoms with E-state index in [2.05, 4.69) is 31.3 Å². The molecule has 1 aliphatic rings. The molecule has 1 fully saturated rings. The Labute approximate surface area is 180 Å². The Morgan fingerprint density at radius 2 is 1.77 bits per heavy atom. The van der Waals surface area contributed by atoms with E-state index in [4.69, 9.17) is 0 Å². The van der Waals surface area contributed by atoms with Crippen molar-refractivity contribution in [3.8, 4) is 0 Å². The quantitative estimate of drug-likeness (QED) is 0.576. The van der Waals surface area contributed by atoms with Crippen LogP contribution in [0, 0.1) is 0 Å². The maximum absolute atomic E-state index is 12.9. The molecular weight excluding hydrogens is 394 g/mol. The highest BCUT2D eigenvalue weighted by atomic mass is 16.2. The Morgan fingerprint density at radius 3 is 2.39 bits per heavy atom. The first kappa shape index (κ1) is 20.9. The Bertz CT molecular complexity index is 1220. The fourth-order valence-corrected chi connectivity index (χ4v) is 4.08. The Kier molecular flexibility index (Phi) is 5.69. The first-order chi connectivity index (χ1) is 14.9. The summed E-state index contributed by atoms with van der Waals surface area (Å²) in [5.41, 5.74) is 1.95. The minimum Gasteiger partial charge on any atom is -0.341 e. The van der Waals surface area contributed by atoms with Gasteiger partial charge in [-0.05, 0) is 38.6 Å². The molecule has 4 rings (SSSR count). The number of pyridine rings is 1. The zero-order chi connectivity index (χ0) is 22.1. The lowest BCUT2D eigenvalue weighted by molar-refractivity contribution is 0.388. The van der Waals surface area contributed by atoms with Gasteiger partial charge in [0, 0.05) is 56.9 Å². The van der Waals surface area contributed by atoms with Crippen LogP contribution in [0.15, 0.2) is 40.8 Å². The number of fused-ring (bicyclic) bond motifs is 1. The lowest BCUT2D eigenvalue weighted by Crippen LogP contribution is -2.45. The molecule has 9 nitrogen and oxygen atoms in total. The van der Waals surface area contributed by atoms with Crippen LogP contribution in [0.25, 0.3) is 17.2 Å². The molecule has 1 saturated heterocycles. The number of anilines is 1. The van der Waals surface area contributed by atoms with Crippen molar-refractivity contribution in [2.45, 2.75) is 25.4 Å². The molecule has 162 valence electrons. The highest BCUT2D eigenvalue weighted by Crippen LogP contribution is 2.26. The molecule has 0 bridgehead atoms. The largest absolute Gasteiger partial charge is 0.341 e. The minimum absolute atomic E-state index is 0.102.